The molecule has 11 heteroatoms. The second-order valence-electron chi connectivity index (χ2n) is 5.53. The molecule has 0 aliphatic carbocycles. The van der Waals surface area contributed by atoms with E-state index in [0.29, 0.717) is 72.2 Å². The first-order valence-electron chi connectivity index (χ1n) is 9.07. The largest absolute Gasteiger partial charge is 0.379 e. The topological polar surface area (TPSA) is 141 Å². The molecule has 0 aliphatic heterocycles. The van der Waals surface area contributed by atoms with E-state index in [4.69, 9.17) is 18.9 Å². The van der Waals surface area contributed by atoms with Crippen LogP contribution in [-0.4, -0.2) is 96.5 Å². The highest BCUT2D eigenvalue weighted by atomic mass is 16.6. The van der Waals surface area contributed by atoms with Crippen LogP contribution in [0.25, 0.3) is 0 Å². The monoisotopic (exact) mass is 405 g/mol. The normalized spacial score (nSPS) is 10.3. The van der Waals surface area contributed by atoms with Crippen molar-refractivity contribution in [3.8, 4) is 0 Å². The van der Waals surface area contributed by atoms with Crippen LogP contribution in [-0.2, 0) is 38.1 Å². The molecule has 0 unspecified atom stereocenters. The first-order chi connectivity index (χ1) is 13.6. The summed E-state index contributed by atoms with van der Waals surface area (Å²) in [5.74, 6) is -0.686. The van der Waals surface area contributed by atoms with Crippen molar-refractivity contribution >= 4 is 24.0 Å². The molecule has 3 N–H and O–H groups in total. The average molecular weight is 405 g/mol. The lowest BCUT2D eigenvalue weighted by molar-refractivity contribution is -0.126. The number of hydrogen-bond acceptors (Lipinski definition) is 8. The van der Waals surface area contributed by atoms with E-state index in [1.807, 2.05) is 0 Å². The molecule has 28 heavy (non-hydrogen) atoms. The molecular weight excluding hydrogens is 374 g/mol. The highest BCUT2D eigenvalue weighted by Gasteiger charge is 2.04. The molecule has 0 spiro atoms. The number of nitrogens with one attached hydrogen (secondary N) is 3. The van der Waals surface area contributed by atoms with Gasteiger partial charge in [-0.25, -0.2) is 0 Å². The number of hydrogen-bond donors (Lipinski definition) is 3. The van der Waals surface area contributed by atoms with Crippen molar-refractivity contribution < 1.29 is 38.1 Å². The average Bonchev–Trinajstić information content (AvgIpc) is 2.67. The van der Waals surface area contributed by atoms with E-state index in [9.17, 15) is 19.2 Å². The molecule has 0 fully saturated rings. The van der Waals surface area contributed by atoms with Gasteiger partial charge in [0.2, 0.25) is 18.2 Å². The third kappa shape index (κ3) is 20.2. The van der Waals surface area contributed by atoms with Crippen LogP contribution in [0.3, 0.4) is 0 Å². The Morgan fingerprint density at radius 3 is 1.75 bits per heavy atom. The van der Waals surface area contributed by atoms with Crippen LogP contribution in [0.5, 0.6) is 0 Å². The quantitative estimate of drug-likeness (QED) is 0.156. The van der Waals surface area contributed by atoms with Crippen molar-refractivity contribution in [1.29, 1.82) is 0 Å². The Bertz CT molecular complexity index is 448. The maximum Gasteiger partial charge on any atom is 0.239 e. The SMILES string of the molecule is CC(=O)CCOCCOCCOCCOCCNC(=O)CNC(=O)CNC=O. The third-order valence-corrected chi connectivity index (χ3v) is 3.08. The predicted octanol–water partition coefficient (Wildman–Crippen LogP) is -1.99. The minimum absolute atomic E-state index is 0.104. The van der Waals surface area contributed by atoms with Gasteiger partial charge in [0, 0.05) is 13.0 Å². The summed E-state index contributed by atoms with van der Waals surface area (Å²) in [5, 5.41) is 7.13. The van der Waals surface area contributed by atoms with Gasteiger partial charge in [0.1, 0.15) is 5.78 Å². The van der Waals surface area contributed by atoms with Gasteiger partial charge in [-0.1, -0.05) is 0 Å². The first kappa shape index (κ1) is 25.9. The summed E-state index contributed by atoms with van der Waals surface area (Å²) in [6.07, 6.45) is 0.826. The highest BCUT2D eigenvalue weighted by molar-refractivity contribution is 5.86. The van der Waals surface area contributed by atoms with Gasteiger partial charge in [0.25, 0.3) is 0 Å². The van der Waals surface area contributed by atoms with Gasteiger partial charge in [0.15, 0.2) is 0 Å². The molecule has 0 atom stereocenters. The van der Waals surface area contributed by atoms with Crippen molar-refractivity contribution in [2.45, 2.75) is 13.3 Å². The van der Waals surface area contributed by atoms with E-state index in [2.05, 4.69) is 16.0 Å². The van der Waals surface area contributed by atoms with E-state index in [1.54, 1.807) is 0 Å². The second kappa shape index (κ2) is 19.7. The van der Waals surface area contributed by atoms with Gasteiger partial charge >= 0.3 is 0 Å². The molecule has 0 aliphatic rings. The number of Topliss-reactive ketones (excluding diaryl/α,β-unsaturated/α-hetero) is 1. The Labute approximate surface area is 164 Å². The van der Waals surface area contributed by atoms with E-state index in [0.717, 1.165) is 0 Å². The summed E-state index contributed by atoms with van der Waals surface area (Å²) in [4.78, 5) is 43.3. The summed E-state index contributed by atoms with van der Waals surface area (Å²) in [5.41, 5.74) is 0. The van der Waals surface area contributed by atoms with Crippen LogP contribution in [0.4, 0.5) is 0 Å². The molecule has 0 rings (SSSR count). The lowest BCUT2D eigenvalue weighted by Gasteiger charge is -2.08. The minimum Gasteiger partial charge on any atom is -0.379 e. The fraction of sp³-hybridized carbons (Fsp3) is 0.765. The summed E-state index contributed by atoms with van der Waals surface area (Å²) >= 11 is 0. The second-order valence-corrected chi connectivity index (χ2v) is 5.53. The number of ketones is 1. The molecule has 162 valence electrons. The fourth-order valence-corrected chi connectivity index (χ4v) is 1.68. The van der Waals surface area contributed by atoms with Crippen molar-refractivity contribution in [3.63, 3.8) is 0 Å². The Kier molecular flexibility index (Phi) is 18.2. The van der Waals surface area contributed by atoms with Crippen LogP contribution in [0.1, 0.15) is 13.3 Å². The molecule has 11 nitrogen and oxygen atoms in total. The summed E-state index contributed by atoms with van der Waals surface area (Å²) in [7, 11) is 0. The number of rotatable bonds is 20. The first-order valence-corrected chi connectivity index (χ1v) is 9.07. The number of amides is 3. The van der Waals surface area contributed by atoms with Crippen LogP contribution in [0.15, 0.2) is 0 Å². The smallest absolute Gasteiger partial charge is 0.239 e. The van der Waals surface area contributed by atoms with Gasteiger partial charge in [-0.3, -0.25) is 19.2 Å². The van der Waals surface area contributed by atoms with Crippen LogP contribution < -0.4 is 16.0 Å². The minimum atomic E-state index is -0.444. The van der Waals surface area contributed by atoms with Gasteiger partial charge < -0.3 is 34.9 Å². The van der Waals surface area contributed by atoms with E-state index < -0.39 is 5.91 Å². The summed E-state index contributed by atoms with van der Waals surface area (Å²) in [6, 6.07) is 0. The zero-order valence-electron chi connectivity index (χ0n) is 16.3. The molecular formula is C17H31N3O8. The fourth-order valence-electron chi connectivity index (χ4n) is 1.68. The molecule has 0 heterocycles. The van der Waals surface area contributed by atoms with Gasteiger partial charge in [0.05, 0.1) is 65.9 Å². The summed E-state index contributed by atoms with van der Waals surface area (Å²) < 4.78 is 21.1. The molecule has 0 saturated carbocycles. The van der Waals surface area contributed by atoms with Crippen molar-refractivity contribution in [3.05, 3.63) is 0 Å². The number of carbonyl (C=O) groups is 4. The van der Waals surface area contributed by atoms with Crippen LogP contribution >= 0.6 is 0 Å². The Hall–Kier alpha value is -2.08. The lowest BCUT2D eigenvalue weighted by Crippen LogP contribution is -2.41. The maximum atomic E-state index is 11.4. The summed E-state index contributed by atoms with van der Waals surface area (Å²) in [6.45, 7) is 4.82. The highest BCUT2D eigenvalue weighted by Crippen LogP contribution is 1.86. The Balaban J connectivity index is 3.22. The van der Waals surface area contributed by atoms with E-state index in [-0.39, 0.29) is 24.8 Å². The standard InChI is InChI=1S/C17H31N3O8/c1-15(22)2-4-25-6-8-27-10-11-28-9-7-26-5-3-19-17(24)13-20-16(23)12-18-14-21/h14H,2-13H2,1H3,(H,18,21)(H,19,24)(H,20,23). The number of ether oxygens (including phenoxy) is 4. The van der Waals surface area contributed by atoms with Gasteiger partial charge in [-0.15, -0.1) is 0 Å². The zero-order chi connectivity index (χ0) is 20.9. The Morgan fingerprint density at radius 2 is 1.21 bits per heavy atom. The molecule has 0 bridgehead atoms. The van der Waals surface area contributed by atoms with E-state index >= 15 is 0 Å². The maximum absolute atomic E-state index is 11.4. The zero-order valence-corrected chi connectivity index (χ0v) is 16.3. The van der Waals surface area contributed by atoms with Crippen LogP contribution in [0.2, 0.25) is 0 Å². The lowest BCUT2D eigenvalue weighted by atomic mass is 10.3. The van der Waals surface area contributed by atoms with Gasteiger partial charge in [-0.2, -0.15) is 0 Å². The van der Waals surface area contributed by atoms with Gasteiger partial charge in [-0.05, 0) is 6.92 Å². The van der Waals surface area contributed by atoms with Crippen LogP contribution in [0, 0.1) is 0 Å². The Morgan fingerprint density at radius 1 is 0.714 bits per heavy atom. The molecule has 0 aromatic heterocycles. The predicted molar refractivity (Wildman–Crippen MR) is 98.7 cm³/mol. The van der Waals surface area contributed by atoms with Crippen molar-refractivity contribution in [2.24, 2.45) is 0 Å². The van der Waals surface area contributed by atoms with E-state index in [1.165, 1.54) is 6.92 Å². The number of carbonyl (C=O) groups excluding carboxylic acids is 4. The molecule has 3 amide bonds. The van der Waals surface area contributed by atoms with Crippen molar-refractivity contribution in [2.75, 3.05) is 72.5 Å². The third-order valence-electron chi connectivity index (χ3n) is 3.08. The van der Waals surface area contributed by atoms with Crippen molar-refractivity contribution in [1.82, 2.24) is 16.0 Å². The molecule has 0 saturated heterocycles. The molecule has 0 radical (unpaired) electrons. The molecule has 0 aromatic carbocycles. The molecule has 0 aromatic rings.